The van der Waals surface area contributed by atoms with Crippen LogP contribution >= 0.6 is 12.4 Å². The van der Waals surface area contributed by atoms with Crippen molar-refractivity contribution in [2.24, 2.45) is 11.1 Å². The molecule has 1 aromatic rings. The number of nitrogens with zero attached hydrogens (tertiary/aromatic N) is 1. The highest BCUT2D eigenvalue weighted by Gasteiger charge is 2.37. The van der Waals surface area contributed by atoms with E-state index in [4.69, 9.17) is 10.5 Å². The number of ether oxygens (including phenoxy) is 1. The summed E-state index contributed by atoms with van der Waals surface area (Å²) in [4.78, 5) is 25.3. The van der Waals surface area contributed by atoms with Crippen LogP contribution in [0.15, 0.2) is 24.3 Å². The molecule has 2 saturated heterocycles. The molecule has 1 aromatic carbocycles. The predicted octanol–water partition coefficient (Wildman–Crippen LogP) is 1.58. The van der Waals surface area contributed by atoms with Gasteiger partial charge in [0.2, 0.25) is 11.8 Å². The minimum absolute atomic E-state index is 0. The van der Waals surface area contributed by atoms with Gasteiger partial charge in [0.25, 0.3) is 0 Å². The Morgan fingerprint density at radius 3 is 2.40 bits per heavy atom. The van der Waals surface area contributed by atoms with Crippen molar-refractivity contribution in [3.05, 3.63) is 29.8 Å². The van der Waals surface area contributed by atoms with Crippen LogP contribution in [-0.2, 0) is 4.79 Å². The van der Waals surface area contributed by atoms with E-state index in [0.29, 0.717) is 29.8 Å². The van der Waals surface area contributed by atoms with Gasteiger partial charge in [-0.25, -0.2) is 0 Å². The lowest BCUT2D eigenvalue weighted by Crippen LogP contribution is -2.44. The molecular formula is C18H26ClN3O3. The van der Waals surface area contributed by atoms with E-state index in [1.165, 1.54) is 6.42 Å². The van der Waals surface area contributed by atoms with Gasteiger partial charge >= 0.3 is 0 Å². The molecule has 0 aromatic heterocycles. The van der Waals surface area contributed by atoms with Gasteiger partial charge in [-0.2, -0.15) is 0 Å². The number of hydrogen-bond donors (Lipinski definition) is 2. The van der Waals surface area contributed by atoms with Crippen molar-refractivity contribution in [3.8, 4) is 5.75 Å². The first-order valence-corrected chi connectivity index (χ1v) is 8.59. The number of rotatable bonds is 5. The van der Waals surface area contributed by atoms with Gasteiger partial charge in [0.15, 0.2) is 0 Å². The Morgan fingerprint density at radius 2 is 1.84 bits per heavy atom. The molecule has 2 aliphatic heterocycles. The molecule has 6 nitrogen and oxygen atoms in total. The molecule has 0 bridgehead atoms. The number of piperidine rings is 1. The first kappa shape index (κ1) is 19.5. The van der Waals surface area contributed by atoms with Gasteiger partial charge in [-0.3, -0.25) is 9.59 Å². The molecule has 7 heteroatoms. The van der Waals surface area contributed by atoms with Gasteiger partial charge in [0.1, 0.15) is 5.75 Å². The summed E-state index contributed by atoms with van der Waals surface area (Å²) in [5.74, 6) is 0.337. The minimum atomic E-state index is -0.461. The molecule has 138 valence electrons. The first-order valence-electron chi connectivity index (χ1n) is 8.59. The summed E-state index contributed by atoms with van der Waals surface area (Å²) < 4.78 is 5.59. The van der Waals surface area contributed by atoms with Gasteiger partial charge in [-0.15, -0.1) is 12.4 Å². The summed E-state index contributed by atoms with van der Waals surface area (Å²) in [5, 5.41) is 3.44. The fraction of sp³-hybridized carbons (Fsp3) is 0.556. The average molecular weight is 368 g/mol. The zero-order chi connectivity index (χ0) is 17.0. The highest BCUT2D eigenvalue weighted by Crippen LogP contribution is 2.36. The molecule has 0 radical (unpaired) electrons. The molecule has 2 fully saturated rings. The number of primary amides is 1. The zero-order valence-corrected chi connectivity index (χ0v) is 15.1. The summed E-state index contributed by atoms with van der Waals surface area (Å²) in [5.41, 5.74) is 6.07. The summed E-state index contributed by atoms with van der Waals surface area (Å²) >= 11 is 0. The van der Waals surface area contributed by atoms with Crippen LogP contribution in [0.1, 0.15) is 36.0 Å². The molecule has 25 heavy (non-hydrogen) atoms. The summed E-state index contributed by atoms with van der Waals surface area (Å²) in [6, 6.07) is 6.64. The number of carbonyl (C=O) groups excluding carboxylic acids is 2. The second kappa shape index (κ2) is 8.54. The van der Waals surface area contributed by atoms with Crippen LogP contribution in [-0.4, -0.2) is 49.5 Å². The third-order valence-corrected chi connectivity index (χ3v) is 5.23. The second-order valence-corrected chi connectivity index (χ2v) is 6.79. The van der Waals surface area contributed by atoms with E-state index in [2.05, 4.69) is 5.32 Å². The standard InChI is InChI=1S/C18H25N3O3.ClH/c19-17(23)14-1-3-15(4-2-14)24-12-5-16(22)21-10-7-18(8-11-21)6-9-20-13-18;/h1-4,20H,5-13H2,(H2,19,23);1H. The molecule has 0 atom stereocenters. The van der Waals surface area contributed by atoms with E-state index in [1.54, 1.807) is 24.3 Å². The maximum atomic E-state index is 12.3. The third kappa shape index (κ3) is 4.86. The summed E-state index contributed by atoms with van der Waals surface area (Å²) in [6.45, 7) is 4.26. The lowest BCUT2D eigenvalue weighted by Gasteiger charge is -2.38. The second-order valence-electron chi connectivity index (χ2n) is 6.79. The van der Waals surface area contributed by atoms with Gasteiger partial charge < -0.3 is 20.7 Å². The number of nitrogens with two attached hydrogens (primary N) is 1. The van der Waals surface area contributed by atoms with Crippen molar-refractivity contribution in [1.29, 1.82) is 0 Å². The smallest absolute Gasteiger partial charge is 0.248 e. The van der Waals surface area contributed by atoms with E-state index in [-0.39, 0.29) is 18.3 Å². The van der Waals surface area contributed by atoms with E-state index in [0.717, 1.165) is 39.0 Å². The van der Waals surface area contributed by atoms with Gasteiger partial charge in [0, 0.05) is 25.2 Å². The predicted molar refractivity (Wildman–Crippen MR) is 98.1 cm³/mol. The van der Waals surface area contributed by atoms with E-state index >= 15 is 0 Å². The molecule has 2 amide bonds. The molecule has 0 unspecified atom stereocenters. The number of hydrogen-bond acceptors (Lipinski definition) is 4. The maximum Gasteiger partial charge on any atom is 0.248 e. The van der Waals surface area contributed by atoms with E-state index < -0.39 is 5.91 Å². The lowest BCUT2D eigenvalue weighted by molar-refractivity contribution is -0.133. The Labute approximate surface area is 154 Å². The number of nitrogens with one attached hydrogen (secondary N) is 1. The van der Waals surface area contributed by atoms with Crippen LogP contribution in [0.4, 0.5) is 0 Å². The van der Waals surface area contributed by atoms with E-state index in [9.17, 15) is 9.59 Å². The molecule has 0 saturated carbocycles. The van der Waals surface area contributed by atoms with Gasteiger partial charge in [0.05, 0.1) is 13.0 Å². The minimum Gasteiger partial charge on any atom is -0.493 e. The Morgan fingerprint density at radius 1 is 1.16 bits per heavy atom. The van der Waals surface area contributed by atoms with Gasteiger partial charge in [-0.1, -0.05) is 0 Å². The van der Waals surface area contributed by atoms with Crippen LogP contribution in [0, 0.1) is 5.41 Å². The molecule has 3 rings (SSSR count). The topological polar surface area (TPSA) is 84.7 Å². The molecule has 3 N–H and O–H groups in total. The maximum absolute atomic E-state index is 12.3. The Hall–Kier alpha value is -1.79. The Bertz CT molecular complexity index is 590. The number of benzene rings is 1. The Kier molecular flexibility index (Phi) is 6.67. The van der Waals surface area contributed by atoms with Gasteiger partial charge in [-0.05, 0) is 55.5 Å². The fourth-order valence-electron chi connectivity index (χ4n) is 3.58. The lowest BCUT2D eigenvalue weighted by atomic mass is 9.78. The van der Waals surface area contributed by atoms with Crippen LogP contribution in [0.2, 0.25) is 0 Å². The number of halogens is 1. The zero-order valence-electron chi connectivity index (χ0n) is 14.3. The fourth-order valence-corrected chi connectivity index (χ4v) is 3.58. The molecule has 1 spiro atoms. The number of amides is 2. The van der Waals surface area contributed by atoms with Crippen LogP contribution in [0.3, 0.4) is 0 Å². The van der Waals surface area contributed by atoms with Crippen LogP contribution in [0.25, 0.3) is 0 Å². The number of carbonyl (C=O) groups is 2. The normalized spacial score (nSPS) is 18.6. The SMILES string of the molecule is Cl.NC(=O)c1ccc(OCCC(=O)N2CCC3(CCNC3)CC2)cc1. The highest BCUT2D eigenvalue weighted by atomic mass is 35.5. The van der Waals surface area contributed by atoms with Crippen molar-refractivity contribution in [3.63, 3.8) is 0 Å². The van der Waals surface area contributed by atoms with E-state index in [1.807, 2.05) is 4.90 Å². The monoisotopic (exact) mass is 367 g/mol. The quantitative estimate of drug-likeness (QED) is 0.827. The van der Waals surface area contributed by atoms with Crippen LogP contribution < -0.4 is 15.8 Å². The van der Waals surface area contributed by atoms with Crippen molar-refractivity contribution < 1.29 is 14.3 Å². The number of likely N-dealkylation sites (tertiary alicyclic amines) is 1. The third-order valence-electron chi connectivity index (χ3n) is 5.23. The molecular weight excluding hydrogens is 342 g/mol. The van der Waals surface area contributed by atoms with Crippen molar-refractivity contribution in [2.45, 2.75) is 25.7 Å². The van der Waals surface area contributed by atoms with Crippen LogP contribution in [0.5, 0.6) is 5.75 Å². The van der Waals surface area contributed by atoms with Crippen molar-refractivity contribution >= 4 is 24.2 Å². The molecule has 0 aliphatic carbocycles. The average Bonchev–Trinajstić information content (AvgIpc) is 3.04. The highest BCUT2D eigenvalue weighted by molar-refractivity contribution is 5.92. The summed E-state index contributed by atoms with van der Waals surface area (Å²) in [6.07, 6.45) is 3.81. The first-order chi connectivity index (χ1) is 11.6. The largest absolute Gasteiger partial charge is 0.493 e. The summed E-state index contributed by atoms with van der Waals surface area (Å²) in [7, 11) is 0. The molecule has 2 heterocycles. The Balaban J connectivity index is 0.00000225. The van der Waals surface area contributed by atoms with Crippen molar-refractivity contribution in [1.82, 2.24) is 10.2 Å². The van der Waals surface area contributed by atoms with Crippen molar-refractivity contribution in [2.75, 3.05) is 32.8 Å². The molecule has 2 aliphatic rings.